The number of rotatable bonds is 4. The van der Waals surface area contributed by atoms with Crippen LogP contribution in [0.4, 0.5) is 0 Å². The molecule has 1 aliphatic heterocycles. The van der Waals surface area contributed by atoms with Crippen molar-refractivity contribution in [1.82, 2.24) is 5.32 Å². The molecule has 1 N–H and O–H groups in total. The van der Waals surface area contributed by atoms with Crippen LogP contribution in [0.3, 0.4) is 0 Å². The van der Waals surface area contributed by atoms with E-state index in [2.05, 4.69) is 5.32 Å². The number of hydrogen-bond acceptors (Lipinski definition) is 3. The van der Waals surface area contributed by atoms with Gasteiger partial charge in [0.2, 0.25) is 0 Å². The second-order valence-corrected chi connectivity index (χ2v) is 3.37. The van der Waals surface area contributed by atoms with Crippen LogP contribution in [0, 0.1) is 0 Å². The predicted molar refractivity (Wildman–Crippen MR) is 53.0 cm³/mol. The Labute approximate surface area is 84.0 Å². The number of halogens is 1. The summed E-state index contributed by atoms with van der Waals surface area (Å²) in [6.45, 7) is 5.73. The van der Waals surface area contributed by atoms with Gasteiger partial charge in [-0.1, -0.05) is 11.6 Å². The van der Waals surface area contributed by atoms with E-state index in [9.17, 15) is 0 Å². The zero-order chi connectivity index (χ0) is 9.52. The first-order valence-electron chi connectivity index (χ1n) is 4.49. The highest BCUT2D eigenvalue weighted by Gasteiger charge is 2.12. The lowest BCUT2D eigenvalue weighted by atomic mass is 10.3. The highest BCUT2D eigenvalue weighted by atomic mass is 35.5. The van der Waals surface area contributed by atoms with Crippen LogP contribution >= 0.6 is 11.6 Å². The van der Waals surface area contributed by atoms with E-state index in [0.717, 1.165) is 25.3 Å². The highest BCUT2D eigenvalue weighted by molar-refractivity contribution is 6.25. The minimum Gasteiger partial charge on any atom is -0.376 e. The van der Waals surface area contributed by atoms with Gasteiger partial charge in [0.25, 0.3) is 0 Å². The summed E-state index contributed by atoms with van der Waals surface area (Å²) in [5.74, 6) is 0. The van der Waals surface area contributed by atoms with Crippen molar-refractivity contribution in [1.29, 1.82) is 0 Å². The van der Waals surface area contributed by atoms with E-state index in [4.69, 9.17) is 21.1 Å². The van der Waals surface area contributed by atoms with Gasteiger partial charge in [0.05, 0.1) is 25.9 Å². The quantitative estimate of drug-likeness (QED) is 0.747. The Bertz CT molecular complexity index is 167. The van der Waals surface area contributed by atoms with Gasteiger partial charge in [-0.15, -0.1) is 0 Å². The average molecular weight is 206 g/mol. The van der Waals surface area contributed by atoms with Gasteiger partial charge in [-0.2, -0.15) is 0 Å². The smallest absolute Gasteiger partial charge is 0.0933 e. The Hall–Kier alpha value is -0.0900. The molecule has 0 aromatic carbocycles. The molecule has 0 amide bonds. The Morgan fingerprint density at radius 2 is 2.46 bits per heavy atom. The lowest BCUT2D eigenvalue weighted by Gasteiger charge is -2.23. The van der Waals surface area contributed by atoms with Gasteiger partial charge < -0.3 is 14.8 Å². The minimum absolute atomic E-state index is 0.192. The van der Waals surface area contributed by atoms with Crippen molar-refractivity contribution in [2.75, 3.05) is 32.9 Å². The Morgan fingerprint density at radius 3 is 3.08 bits per heavy atom. The van der Waals surface area contributed by atoms with E-state index in [-0.39, 0.29) is 6.10 Å². The van der Waals surface area contributed by atoms with Crippen molar-refractivity contribution >= 4 is 11.6 Å². The molecule has 1 unspecified atom stereocenters. The summed E-state index contributed by atoms with van der Waals surface area (Å²) in [6.07, 6.45) is 0.192. The van der Waals surface area contributed by atoms with E-state index in [1.807, 2.05) is 6.92 Å². The van der Waals surface area contributed by atoms with Gasteiger partial charge in [-0.25, -0.2) is 0 Å². The van der Waals surface area contributed by atoms with Gasteiger partial charge in [0.15, 0.2) is 0 Å². The Kier molecular flexibility index (Phi) is 5.39. The second kappa shape index (κ2) is 6.38. The van der Waals surface area contributed by atoms with Crippen LogP contribution in [0.1, 0.15) is 6.92 Å². The van der Waals surface area contributed by atoms with Crippen molar-refractivity contribution in [2.24, 2.45) is 0 Å². The average Bonchev–Trinajstić information content (AvgIpc) is 2.19. The molecule has 1 aliphatic rings. The summed E-state index contributed by atoms with van der Waals surface area (Å²) in [4.78, 5) is 0. The summed E-state index contributed by atoms with van der Waals surface area (Å²) in [7, 11) is 0. The van der Waals surface area contributed by atoms with Gasteiger partial charge in [0.1, 0.15) is 0 Å². The zero-order valence-electron chi connectivity index (χ0n) is 7.88. The maximum Gasteiger partial charge on any atom is 0.0933 e. The van der Waals surface area contributed by atoms with Gasteiger partial charge in [0, 0.05) is 18.6 Å². The van der Waals surface area contributed by atoms with Crippen LogP contribution in [-0.4, -0.2) is 39.0 Å². The molecule has 13 heavy (non-hydrogen) atoms. The zero-order valence-corrected chi connectivity index (χ0v) is 8.64. The largest absolute Gasteiger partial charge is 0.376 e. The minimum atomic E-state index is 0.192. The van der Waals surface area contributed by atoms with E-state index < -0.39 is 0 Å². The molecule has 0 aromatic rings. The highest BCUT2D eigenvalue weighted by Crippen LogP contribution is 1.99. The van der Waals surface area contributed by atoms with Crippen LogP contribution < -0.4 is 5.32 Å². The Morgan fingerprint density at radius 1 is 1.62 bits per heavy atom. The SMILES string of the molecule is CC(=CCl)CNCC1COCCO1. The van der Waals surface area contributed by atoms with Crippen molar-refractivity contribution in [3.63, 3.8) is 0 Å². The lowest BCUT2D eigenvalue weighted by Crippen LogP contribution is -2.37. The van der Waals surface area contributed by atoms with Gasteiger partial charge in [-0.3, -0.25) is 0 Å². The monoisotopic (exact) mass is 205 g/mol. The number of nitrogens with one attached hydrogen (secondary N) is 1. The molecular weight excluding hydrogens is 190 g/mol. The fraction of sp³-hybridized carbons (Fsp3) is 0.778. The summed E-state index contributed by atoms with van der Waals surface area (Å²) < 4.78 is 10.7. The maximum absolute atomic E-state index is 5.52. The van der Waals surface area contributed by atoms with Gasteiger partial charge >= 0.3 is 0 Å². The second-order valence-electron chi connectivity index (χ2n) is 3.15. The van der Waals surface area contributed by atoms with E-state index in [1.165, 1.54) is 0 Å². The summed E-state index contributed by atoms with van der Waals surface area (Å²) >= 11 is 5.52. The molecule has 0 aliphatic carbocycles. The van der Waals surface area contributed by atoms with E-state index in [1.54, 1.807) is 5.54 Å². The molecule has 1 saturated heterocycles. The Balaban J connectivity index is 2.04. The van der Waals surface area contributed by atoms with Crippen LogP contribution in [0.15, 0.2) is 11.1 Å². The van der Waals surface area contributed by atoms with Crippen molar-refractivity contribution in [2.45, 2.75) is 13.0 Å². The third-order valence-electron chi connectivity index (χ3n) is 1.85. The molecule has 0 saturated carbocycles. The van der Waals surface area contributed by atoms with Crippen molar-refractivity contribution < 1.29 is 9.47 Å². The van der Waals surface area contributed by atoms with Crippen molar-refractivity contribution in [3.8, 4) is 0 Å². The molecular formula is C9H16ClNO2. The van der Waals surface area contributed by atoms with E-state index in [0.29, 0.717) is 13.2 Å². The van der Waals surface area contributed by atoms with Crippen LogP contribution in [0.2, 0.25) is 0 Å². The fourth-order valence-corrected chi connectivity index (χ4v) is 1.20. The molecule has 0 aromatic heterocycles. The lowest BCUT2D eigenvalue weighted by molar-refractivity contribution is -0.0861. The number of ether oxygens (including phenoxy) is 2. The molecule has 4 heteroatoms. The van der Waals surface area contributed by atoms with E-state index >= 15 is 0 Å². The fourth-order valence-electron chi connectivity index (χ4n) is 1.12. The first-order valence-corrected chi connectivity index (χ1v) is 4.92. The standard InChI is InChI=1S/C9H16ClNO2/c1-8(4-10)5-11-6-9-7-12-2-3-13-9/h4,9,11H,2-3,5-7H2,1H3. The first-order chi connectivity index (χ1) is 6.33. The van der Waals surface area contributed by atoms with Crippen LogP contribution in [0.25, 0.3) is 0 Å². The third kappa shape index (κ3) is 4.62. The van der Waals surface area contributed by atoms with Crippen LogP contribution in [0.5, 0.6) is 0 Å². The molecule has 0 radical (unpaired) electrons. The molecule has 3 nitrogen and oxygen atoms in total. The van der Waals surface area contributed by atoms with Crippen LogP contribution in [-0.2, 0) is 9.47 Å². The molecule has 0 bridgehead atoms. The summed E-state index contributed by atoms with van der Waals surface area (Å²) in [5.41, 5.74) is 2.71. The maximum atomic E-state index is 5.52. The first kappa shape index (κ1) is 11.0. The topological polar surface area (TPSA) is 30.5 Å². The molecule has 1 heterocycles. The summed E-state index contributed by atoms with van der Waals surface area (Å²) in [6, 6.07) is 0. The molecule has 1 atom stereocenters. The molecule has 1 fully saturated rings. The van der Waals surface area contributed by atoms with Crippen molar-refractivity contribution in [3.05, 3.63) is 11.1 Å². The summed E-state index contributed by atoms with van der Waals surface area (Å²) in [5, 5.41) is 3.25. The molecule has 76 valence electrons. The molecule has 0 spiro atoms. The third-order valence-corrected chi connectivity index (χ3v) is 2.22. The number of hydrogen-bond donors (Lipinski definition) is 1. The van der Waals surface area contributed by atoms with Gasteiger partial charge in [-0.05, 0) is 12.5 Å². The normalized spacial score (nSPS) is 24.8. The predicted octanol–water partition coefficient (Wildman–Crippen LogP) is 1.13. The molecule has 1 rings (SSSR count).